The van der Waals surface area contributed by atoms with Crippen molar-refractivity contribution < 1.29 is 13.6 Å². The van der Waals surface area contributed by atoms with Crippen molar-refractivity contribution in [3.05, 3.63) is 84.1 Å². The predicted octanol–water partition coefficient (Wildman–Crippen LogP) is 4.00. The van der Waals surface area contributed by atoms with E-state index in [0.717, 1.165) is 28.9 Å². The summed E-state index contributed by atoms with van der Waals surface area (Å²) in [6, 6.07) is 17.9. The van der Waals surface area contributed by atoms with Gasteiger partial charge in [-0.25, -0.2) is 4.39 Å². The molecule has 5 heteroatoms. The van der Waals surface area contributed by atoms with E-state index in [1.165, 1.54) is 12.1 Å². The molecule has 2 aromatic carbocycles. The molecule has 0 radical (unpaired) electrons. The van der Waals surface area contributed by atoms with Crippen LogP contribution in [0.3, 0.4) is 0 Å². The number of carbonyl (C=O) groups excluding carboxylic acids is 1. The predicted molar refractivity (Wildman–Crippen MR) is 103 cm³/mol. The smallest absolute Gasteiger partial charge is 0.234 e. The lowest BCUT2D eigenvalue weighted by atomic mass is 10.0. The highest BCUT2D eigenvalue weighted by atomic mass is 19.1. The molecular weight excluding hydrogens is 343 g/mol. The van der Waals surface area contributed by atoms with E-state index in [0.29, 0.717) is 13.1 Å². The third kappa shape index (κ3) is 5.05. The Labute approximate surface area is 158 Å². The van der Waals surface area contributed by atoms with Crippen LogP contribution in [-0.4, -0.2) is 23.4 Å². The van der Waals surface area contributed by atoms with Crippen LogP contribution < -0.4 is 5.73 Å². The van der Waals surface area contributed by atoms with Gasteiger partial charge in [-0.2, -0.15) is 0 Å². The summed E-state index contributed by atoms with van der Waals surface area (Å²) in [6.07, 6.45) is 2.35. The second-order valence-electron chi connectivity index (χ2n) is 6.59. The molecule has 0 spiro atoms. The molecule has 0 bridgehead atoms. The van der Waals surface area contributed by atoms with Gasteiger partial charge in [0.15, 0.2) is 0 Å². The van der Waals surface area contributed by atoms with Gasteiger partial charge in [0.2, 0.25) is 5.91 Å². The topological polar surface area (TPSA) is 59.5 Å². The summed E-state index contributed by atoms with van der Waals surface area (Å²) in [6.45, 7) is 2.96. The lowest BCUT2D eigenvalue weighted by Gasteiger charge is -2.26. The van der Waals surface area contributed by atoms with Gasteiger partial charge in [-0.3, -0.25) is 9.69 Å². The summed E-state index contributed by atoms with van der Waals surface area (Å²) in [5, 5.41) is 0. The van der Waals surface area contributed by atoms with Crippen LogP contribution in [0.25, 0.3) is 11.1 Å². The Morgan fingerprint density at radius 2 is 1.85 bits per heavy atom. The quantitative estimate of drug-likeness (QED) is 0.655. The first-order chi connectivity index (χ1) is 13.0. The average Bonchev–Trinajstić information content (AvgIpc) is 3.18. The summed E-state index contributed by atoms with van der Waals surface area (Å²) in [4.78, 5) is 13.7. The molecule has 2 N–H and O–H groups in total. The summed E-state index contributed by atoms with van der Waals surface area (Å²) in [7, 11) is 0. The van der Waals surface area contributed by atoms with Gasteiger partial charge in [0.1, 0.15) is 11.6 Å². The molecule has 3 rings (SSSR count). The number of furan rings is 1. The van der Waals surface area contributed by atoms with E-state index in [2.05, 4.69) is 6.07 Å². The summed E-state index contributed by atoms with van der Waals surface area (Å²) >= 11 is 0. The molecule has 3 aromatic rings. The van der Waals surface area contributed by atoms with Crippen LogP contribution in [0.5, 0.6) is 0 Å². The Hall–Kier alpha value is -2.92. The molecule has 0 saturated carbocycles. The zero-order valence-corrected chi connectivity index (χ0v) is 15.3. The van der Waals surface area contributed by atoms with Crippen LogP contribution in [0.1, 0.15) is 18.2 Å². The SMILES string of the molecule is CC(C(N)=O)N(CCc1cccc(-c2cccc(F)c2)c1)Cc1ccco1. The Balaban J connectivity index is 1.73. The molecule has 0 fully saturated rings. The molecule has 0 aliphatic rings. The summed E-state index contributed by atoms with van der Waals surface area (Å²) < 4.78 is 18.9. The highest BCUT2D eigenvalue weighted by Crippen LogP contribution is 2.22. The fourth-order valence-electron chi connectivity index (χ4n) is 3.04. The Morgan fingerprint density at radius 3 is 2.52 bits per heavy atom. The molecule has 0 aliphatic carbocycles. The maximum atomic E-state index is 13.5. The molecule has 140 valence electrons. The minimum atomic E-state index is -0.401. The highest BCUT2D eigenvalue weighted by Gasteiger charge is 2.20. The van der Waals surface area contributed by atoms with Crippen molar-refractivity contribution in [2.24, 2.45) is 5.73 Å². The van der Waals surface area contributed by atoms with E-state index in [-0.39, 0.29) is 11.7 Å². The molecule has 1 unspecified atom stereocenters. The van der Waals surface area contributed by atoms with Crippen LogP contribution in [-0.2, 0) is 17.8 Å². The Morgan fingerprint density at radius 1 is 1.11 bits per heavy atom. The fourth-order valence-corrected chi connectivity index (χ4v) is 3.04. The first-order valence-corrected chi connectivity index (χ1v) is 8.93. The number of nitrogens with zero attached hydrogens (tertiary/aromatic N) is 1. The third-order valence-corrected chi connectivity index (χ3v) is 4.67. The molecular formula is C22H23FN2O2. The van der Waals surface area contributed by atoms with Gasteiger partial charge in [0, 0.05) is 6.54 Å². The largest absolute Gasteiger partial charge is 0.468 e. The van der Waals surface area contributed by atoms with Gasteiger partial charge in [0.25, 0.3) is 0 Å². The monoisotopic (exact) mass is 366 g/mol. The van der Waals surface area contributed by atoms with Gasteiger partial charge in [-0.1, -0.05) is 36.4 Å². The van der Waals surface area contributed by atoms with Crippen LogP contribution >= 0.6 is 0 Å². The van der Waals surface area contributed by atoms with Gasteiger partial charge in [-0.05, 0) is 54.3 Å². The van der Waals surface area contributed by atoms with E-state index < -0.39 is 6.04 Å². The van der Waals surface area contributed by atoms with Crippen molar-refractivity contribution in [2.75, 3.05) is 6.54 Å². The maximum Gasteiger partial charge on any atom is 0.234 e. The van der Waals surface area contributed by atoms with E-state index in [4.69, 9.17) is 10.2 Å². The molecule has 1 amide bonds. The highest BCUT2D eigenvalue weighted by molar-refractivity contribution is 5.79. The molecule has 0 aliphatic heterocycles. The number of rotatable bonds is 8. The second kappa shape index (κ2) is 8.64. The summed E-state index contributed by atoms with van der Waals surface area (Å²) in [5.41, 5.74) is 8.42. The maximum absolute atomic E-state index is 13.5. The number of benzene rings is 2. The Bertz CT molecular complexity index is 893. The van der Waals surface area contributed by atoms with Crippen molar-refractivity contribution in [3.8, 4) is 11.1 Å². The second-order valence-corrected chi connectivity index (χ2v) is 6.59. The molecule has 27 heavy (non-hydrogen) atoms. The van der Waals surface area contributed by atoms with Crippen LogP contribution in [0.4, 0.5) is 4.39 Å². The first-order valence-electron chi connectivity index (χ1n) is 8.93. The van der Waals surface area contributed by atoms with E-state index >= 15 is 0 Å². The number of carbonyl (C=O) groups is 1. The lowest BCUT2D eigenvalue weighted by Crippen LogP contribution is -2.43. The standard InChI is InChI=1S/C22H23FN2O2/c1-16(22(24)26)25(15-21-9-4-12-27-21)11-10-17-5-2-6-18(13-17)19-7-3-8-20(23)14-19/h2-9,12-14,16H,10-11,15H2,1H3,(H2,24,26). The van der Waals surface area contributed by atoms with Crippen LogP contribution in [0, 0.1) is 5.82 Å². The number of nitrogens with two attached hydrogens (primary N) is 1. The van der Waals surface area contributed by atoms with Crippen molar-refractivity contribution in [2.45, 2.75) is 25.9 Å². The van der Waals surface area contributed by atoms with Crippen molar-refractivity contribution in [1.29, 1.82) is 0 Å². The van der Waals surface area contributed by atoms with Crippen molar-refractivity contribution >= 4 is 5.91 Å². The molecule has 1 atom stereocenters. The van der Waals surface area contributed by atoms with E-state index in [1.54, 1.807) is 19.3 Å². The lowest BCUT2D eigenvalue weighted by molar-refractivity contribution is -0.122. The van der Waals surface area contributed by atoms with Gasteiger partial charge >= 0.3 is 0 Å². The van der Waals surface area contributed by atoms with E-state index in [1.807, 2.05) is 41.3 Å². The molecule has 1 aromatic heterocycles. The van der Waals surface area contributed by atoms with Crippen LogP contribution in [0.2, 0.25) is 0 Å². The average molecular weight is 366 g/mol. The number of hydrogen-bond donors (Lipinski definition) is 1. The van der Waals surface area contributed by atoms with E-state index in [9.17, 15) is 9.18 Å². The summed E-state index contributed by atoms with van der Waals surface area (Å²) in [5.74, 6) is 0.171. The zero-order valence-electron chi connectivity index (χ0n) is 15.3. The van der Waals surface area contributed by atoms with Crippen molar-refractivity contribution in [3.63, 3.8) is 0 Å². The zero-order chi connectivity index (χ0) is 19.2. The number of hydrogen-bond acceptors (Lipinski definition) is 3. The first kappa shape index (κ1) is 18.9. The van der Waals surface area contributed by atoms with Gasteiger partial charge in [0.05, 0.1) is 18.8 Å². The third-order valence-electron chi connectivity index (χ3n) is 4.67. The fraction of sp³-hybridized carbons (Fsp3) is 0.227. The molecule has 0 saturated heterocycles. The van der Waals surface area contributed by atoms with Gasteiger partial charge < -0.3 is 10.2 Å². The minimum absolute atomic E-state index is 0.252. The van der Waals surface area contributed by atoms with Crippen LogP contribution in [0.15, 0.2) is 71.3 Å². The number of amides is 1. The molecule has 4 nitrogen and oxygen atoms in total. The molecule has 1 heterocycles. The van der Waals surface area contributed by atoms with Crippen molar-refractivity contribution in [1.82, 2.24) is 4.90 Å². The van der Waals surface area contributed by atoms with Gasteiger partial charge in [-0.15, -0.1) is 0 Å². The Kier molecular flexibility index (Phi) is 6.04. The minimum Gasteiger partial charge on any atom is -0.468 e. The normalized spacial score (nSPS) is 12.3. The number of halogens is 1. The number of primary amides is 1.